The van der Waals surface area contributed by atoms with Gasteiger partial charge in [0.15, 0.2) is 5.89 Å². The van der Waals surface area contributed by atoms with Crippen molar-refractivity contribution in [3.63, 3.8) is 0 Å². The number of benzene rings is 1. The Labute approximate surface area is 190 Å². The standard InChI is InChI=1S/C25H25N3O3S/c1-16-27-23(15-31-16)19-4-2-17(3-5-19)12-20-13-22(28-25-21(20)8-11-32-25)24(29)26-14-18-6-9-30-10-7-18/h2-5,8,11,13,15,18H,6-7,9-10,12,14H2,1H3,(H,26,29). The Kier molecular flexibility index (Phi) is 6.01. The molecule has 1 aliphatic heterocycles. The Morgan fingerprint density at radius 2 is 1.97 bits per heavy atom. The summed E-state index contributed by atoms with van der Waals surface area (Å²) in [4.78, 5) is 22.7. The van der Waals surface area contributed by atoms with E-state index in [9.17, 15) is 4.79 Å². The molecule has 0 unspecified atom stereocenters. The van der Waals surface area contributed by atoms with Crippen LogP contribution in [0.3, 0.4) is 0 Å². The minimum Gasteiger partial charge on any atom is -0.449 e. The summed E-state index contributed by atoms with van der Waals surface area (Å²) in [6.07, 6.45) is 4.39. The van der Waals surface area contributed by atoms with Crippen LogP contribution in [0.5, 0.6) is 0 Å². The van der Waals surface area contributed by atoms with Crippen molar-refractivity contribution in [2.75, 3.05) is 19.8 Å². The van der Waals surface area contributed by atoms with Crippen molar-refractivity contribution in [3.8, 4) is 11.3 Å². The van der Waals surface area contributed by atoms with Crippen molar-refractivity contribution in [1.29, 1.82) is 0 Å². The van der Waals surface area contributed by atoms with Crippen LogP contribution in [0, 0.1) is 12.8 Å². The molecule has 0 spiro atoms. The molecule has 1 N–H and O–H groups in total. The highest BCUT2D eigenvalue weighted by molar-refractivity contribution is 7.16. The van der Waals surface area contributed by atoms with Crippen LogP contribution in [-0.2, 0) is 11.2 Å². The quantitative estimate of drug-likeness (QED) is 0.450. The molecular formula is C25H25N3O3S. The second kappa shape index (κ2) is 9.22. The molecule has 1 saturated heterocycles. The molecule has 1 amide bonds. The van der Waals surface area contributed by atoms with Crippen LogP contribution in [0.2, 0.25) is 0 Å². The maximum absolute atomic E-state index is 12.8. The molecule has 0 bridgehead atoms. The predicted octanol–water partition coefficient (Wildman–Crippen LogP) is 5.01. The first kappa shape index (κ1) is 20.8. The largest absolute Gasteiger partial charge is 0.449 e. The second-order valence-corrected chi connectivity index (χ2v) is 9.09. The van der Waals surface area contributed by atoms with E-state index < -0.39 is 0 Å². The van der Waals surface area contributed by atoms with E-state index in [2.05, 4.69) is 45.6 Å². The lowest BCUT2D eigenvalue weighted by molar-refractivity contribution is 0.0642. The lowest BCUT2D eigenvalue weighted by atomic mass is 10.00. The van der Waals surface area contributed by atoms with Gasteiger partial charge in [-0.25, -0.2) is 9.97 Å². The SMILES string of the molecule is Cc1nc(-c2ccc(Cc3cc(C(=O)NCC4CCOCC4)nc4sccc34)cc2)co1. The molecule has 1 aromatic carbocycles. The molecule has 0 radical (unpaired) electrons. The first-order chi connectivity index (χ1) is 15.7. The Bertz CT molecular complexity index is 1220. The molecule has 0 saturated carbocycles. The maximum Gasteiger partial charge on any atom is 0.269 e. The molecule has 0 aliphatic carbocycles. The number of pyridine rings is 1. The number of rotatable bonds is 6. The van der Waals surface area contributed by atoms with Gasteiger partial charge >= 0.3 is 0 Å². The van der Waals surface area contributed by atoms with Crippen LogP contribution in [-0.4, -0.2) is 35.6 Å². The molecule has 164 valence electrons. The number of hydrogen-bond acceptors (Lipinski definition) is 6. The lowest BCUT2D eigenvalue weighted by Gasteiger charge is -2.22. The van der Waals surface area contributed by atoms with Crippen molar-refractivity contribution in [2.45, 2.75) is 26.2 Å². The van der Waals surface area contributed by atoms with Crippen LogP contribution < -0.4 is 5.32 Å². The summed E-state index contributed by atoms with van der Waals surface area (Å²) < 4.78 is 10.7. The first-order valence-electron chi connectivity index (χ1n) is 10.9. The summed E-state index contributed by atoms with van der Waals surface area (Å²) >= 11 is 1.57. The average molecular weight is 448 g/mol. The minimum absolute atomic E-state index is 0.107. The number of carbonyl (C=O) groups excluding carboxylic acids is 1. The number of thiophene rings is 1. The maximum atomic E-state index is 12.8. The number of hydrogen-bond donors (Lipinski definition) is 1. The Balaban J connectivity index is 1.34. The second-order valence-electron chi connectivity index (χ2n) is 8.20. The number of amides is 1. The minimum atomic E-state index is -0.107. The van der Waals surface area contributed by atoms with Gasteiger partial charge in [-0.1, -0.05) is 24.3 Å². The Hall–Kier alpha value is -3.03. The highest BCUT2D eigenvalue weighted by atomic mass is 32.1. The fourth-order valence-corrected chi connectivity index (χ4v) is 4.88. The van der Waals surface area contributed by atoms with Crippen LogP contribution in [0.4, 0.5) is 0 Å². The smallest absolute Gasteiger partial charge is 0.269 e. The number of ether oxygens (including phenoxy) is 1. The zero-order valence-corrected chi connectivity index (χ0v) is 18.8. The van der Waals surface area contributed by atoms with Crippen LogP contribution in [0.1, 0.15) is 40.3 Å². The first-order valence-corrected chi connectivity index (χ1v) is 11.8. The van der Waals surface area contributed by atoms with Gasteiger partial charge in [0.1, 0.15) is 22.5 Å². The highest BCUT2D eigenvalue weighted by Gasteiger charge is 2.17. The Morgan fingerprint density at radius 3 is 2.72 bits per heavy atom. The van der Waals surface area contributed by atoms with Gasteiger partial charge in [-0.05, 0) is 53.8 Å². The highest BCUT2D eigenvalue weighted by Crippen LogP contribution is 2.27. The molecule has 7 heteroatoms. The monoisotopic (exact) mass is 447 g/mol. The van der Waals surface area contributed by atoms with Gasteiger partial charge in [0.05, 0.1) is 0 Å². The zero-order chi connectivity index (χ0) is 21.9. The van der Waals surface area contributed by atoms with E-state index in [-0.39, 0.29) is 5.91 Å². The summed E-state index contributed by atoms with van der Waals surface area (Å²) in [5, 5.41) is 6.21. The lowest BCUT2D eigenvalue weighted by Crippen LogP contribution is -2.32. The Morgan fingerprint density at radius 1 is 1.16 bits per heavy atom. The third-order valence-electron chi connectivity index (χ3n) is 5.91. The van der Waals surface area contributed by atoms with Crippen molar-refractivity contribution >= 4 is 27.5 Å². The van der Waals surface area contributed by atoms with Gasteiger partial charge < -0.3 is 14.5 Å². The number of nitrogens with zero attached hydrogens (tertiary/aromatic N) is 2. The third-order valence-corrected chi connectivity index (χ3v) is 6.72. The summed E-state index contributed by atoms with van der Waals surface area (Å²) in [7, 11) is 0. The van der Waals surface area contributed by atoms with Crippen molar-refractivity contribution in [1.82, 2.24) is 15.3 Å². The molecule has 4 heterocycles. The van der Waals surface area contributed by atoms with Crippen LogP contribution in [0.15, 0.2) is 52.5 Å². The van der Waals surface area contributed by atoms with E-state index in [1.807, 2.05) is 18.4 Å². The molecule has 0 atom stereocenters. The normalized spacial score (nSPS) is 14.7. The molecule has 1 fully saturated rings. The molecule has 32 heavy (non-hydrogen) atoms. The van der Waals surface area contributed by atoms with Crippen molar-refractivity contribution < 1.29 is 13.9 Å². The van der Waals surface area contributed by atoms with Gasteiger partial charge in [0, 0.05) is 37.6 Å². The molecule has 4 aromatic rings. The van der Waals surface area contributed by atoms with E-state index in [0.29, 0.717) is 24.0 Å². The predicted molar refractivity (Wildman–Crippen MR) is 125 cm³/mol. The average Bonchev–Trinajstić information content (AvgIpc) is 3.48. The molecule has 5 rings (SSSR count). The number of nitrogens with one attached hydrogen (secondary N) is 1. The van der Waals surface area contributed by atoms with E-state index in [0.717, 1.165) is 59.5 Å². The number of carbonyl (C=O) groups is 1. The van der Waals surface area contributed by atoms with Gasteiger partial charge in [-0.3, -0.25) is 4.79 Å². The molecule has 1 aliphatic rings. The zero-order valence-electron chi connectivity index (χ0n) is 18.0. The third kappa shape index (κ3) is 4.59. The van der Waals surface area contributed by atoms with E-state index in [1.165, 1.54) is 5.56 Å². The number of fused-ring (bicyclic) bond motifs is 1. The van der Waals surface area contributed by atoms with E-state index >= 15 is 0 Å². The summed E-state index contributed by atoms with van der Waals surface area (Å²) in [6.45, 7) is 4.06. The molecular weight excluding hydrogens is 422 g/mol. The van der Waals surface area contributed by atoms with Gasteiger partial charge in [0.25, 0.3) is 5.91 Å². The van der Waals surface area contributed by atoms with Gasteiger partial charge in [0.2, 0.25) is 0 Å². The van der Waals surface area contributed by atoms with Crippen LogP contribution in [0.25, 0.3) is 21.5 Å². The summed E-state index contributed by atoms with van der Waals surface area (Å²) in [5.74, 6) is 1.03. The van der Waals surface area contributed by atoms with Crippen LogP contribution >= 0.6 is 11.3 Å². The topological polar surface area (TPSA) is 77.2 Å². The summed E-state index contributed by atoms with van der Waals surface area (Å²) in [5.41, 5.74) is 4.62. The molecule has 6 nitrogen and oxygen atoms in total. The number of aromatic nitrogens is 2. The number of aryl methyl sites for hydroxylation is 1. The van der Waals surface area contributed by atoms with Gasteiger partial charge in [-0.2, -0.15) is 0 Å². The fraction of sp³-hybridized carbons (Fsp3) is 0.320. The van der Waals surface area contributed by atoms with Crippen molar-refractivity contribution in [2.24, 2.45) is 5.92 Å². The van der Waals surface area contributed by atoms with Crippen molar-refractivity contribution in [3.05, 3.63) is 70.8 Å². The molecule has 3 aromatic heterocycles. The van der Waals surface area contributed by atoms with E-state index in [4.69, 9.17) is 9.15 Å². The van der Waals surface area contributed by atoms with Gasteiger partial charge in [-0.15, -0.1) is 11.3 Å². The summed E-state index contributed by atoms with van der Waals surface area (Å²) in [6, 6.07) is 12.3. The van der Waals surface area contributed by atoms with E-state index in [1.54, 1.807) is 17.6 Å². The number of oxazole rings is 1. The fourth-order valence-electron chi connectivity index (χ4n) is 4.07.